The molecule has 0 saturated carbocycles. The highest BCUT2D eigenvalue weighted by molar-refractivity contribution is 6.30. The first-order chi connectivity index (χ1) is 25.8. The number of aromatic nitrogens is 1. The summed E-state index contributed by atoms with van der Waals surface area (Å²) in [5.74, 6) is -8.49. The molecule has 20 heteroatoms. The number of urea groups is 1. The first kappa shape index (κ1) is 41.6. The number of H-pyrrole nitrogens is 1. The van der Waals surface area contributed by atoms with Gasteiger partial charge in [0.1, 0.15) is 0 Å². The number of hydrogen-bond acceptors (Lipinski definition) is 9. The van der Waals surface area contributed by atoms with E-state index in [1.807, 2.05) is 4.90 Å². The highest BCUT2D eigenvalue weighted by Gasteiger charge is 2.51. The van der Waals surface area contributed by atoms with Crippen molar-refractivity contribution in [2.45, 2.75) is 37.7 Å². The van der Waals surface area contributed by atoms with Gasteiger partial charge in [0.15, 0.2) is 6.04 Å². The number of carbonyl (C=O) groups excluding carboxylic acids is 4. The highest BCUT2D eigenvalue weighted by atomic mass is 35.5. The van der Waals surface area contributed by atoms with E-state index in [1.165, 1.54) is 30.2 Å². The fourth-order valence-corrected chi connectivity index (χ4v) is 6.93. The molecular formula is C35H39ClF6N6O7. The van der Waals surface area contributed by atoms with E-state index in [-0.39, 0.29) is 61.0 Å². The molecule has 2 unspecified atom stereocenters. The number of para-hydroxylation sites is 1. The van der Waals surface area contributed by atoms with E-state index in [9.17, 15) is 40.7 Å². The summed E-state index contributed by atoms with van der Waals surface area (Å²) in [6.07, 6.45) is -9.52. The van der Waals surface area contributed by atoms with E-state index in [1.54, 1.807) is 49.3 Å². The number of carbonyl (C=O) groups is 4. The minimum Gasteiger partial charge on any atom is -0.379 e. The van der Waals surface area contributed by atoms with Crippen molar-refractivity contribution in [3.05, 3.63) is 64.8 Å². The Hall–Kier alpha value is -4.59. The zero-order chi connectivity index (χ0) is 40.2. The fourth-order valence-electron chi connectivity index (χ4n) is 6.73. The summed E-state index contributed by atoms with van der Waals surface area (Å²) in [7, 11) is 3.60. The smallest absolute Gasteiger partial charge is 0.379 e. The molecule has 5 rings (SSSR count). The van der Waals surface area contributed by atoms with Gasteiger partial charge < -0.3 is 29.2 Å². The van der Waals surface area contributed by atoms with Gasteiger partial charge in [-0.3, -0.25) is 9.69 Å². The summed E-state index contributed by atoms with van der Waals surface area (Å²) >= 11 is 6.31. The summed E-state index contributed by atoms with van der Waals surface area (Å²) in [5, 5.41) is 0.416. The van der Waals surface area contributed by atoms with Crippen molar-refractivity contribution in [2.24, 2.45) is 5.92 Å². The lowest BCUT2D eigenvalue weighted by Crippen LogP contribution is -2.60. The van der Waals surface area contributed by atoms with Gasteiger partial charge in [-0.2, -0.15) is 26.3 Å². The molecule has 2 aliphatic heterocycles. The Morgan fingerprint density at radius 1 is 0.982 bits per heavy atom. The molecule has 300 valence electrons. The van der Waals surface area contributed by atoms with Gasteiger partial charge >= 0.3 is 30.3 Å². The standard InChI is InChI=1S/C35H39ClF6N6O7/c1-21(26-18-43-27-7-5-4-6-25(26)27)29(30(49)46-20-22(19-44(2)3)16-23-17-24(36)8-9-28(23)46)48(55-32(51)35(40,41)42)33(52)47(54-31(50)34(37,38)39)11-10-45-12-14-53-15-13-45/h4-9,17-18,21-22,29,43H,10-16,19-20H2,1-3H3/t21?,22-,29?/m1/s1. The van der Waals surface area contributed by atoms with Crippen LogP contribution >= 0.6 is 11.6 Å². The fraction of sp³-hybridized carbons (Fsp3) is 0.486. The third-order valence-electron chi connectivity index (χ3n) is 9.22. The first-order valence-corrected chi connectivity index (χ1v) is 17.5. The van der Waals surface area contributed by atoms with Crippen molar-refractivity contribution >= 4 is 52.1 Å². The molecule has 3 aromatic rings. The van der Waals surface area contributed by atoms with Crippen molar-refractivity contribution in [3.8, 4) is 0 Å². The minimum absolute atomic E-state index is 0.0260. The molecule has 55 heavy (non-hydrogen) atoms. The molecule has 1 N–H and O–H groups in total. The molecule has 2 aliphatic rings. The molecule has 3 amide bonds. The van der Waals surface area contributed by atoms with Gasteiger partial charge in [0.05, 0.1) is 19.8 Å². The number of alkyl halides is 6. The molecule has 1 saturated heterocycles. The van der Waals surface area contributed by atoms with Gasteiger partial charge in [-0.1, -0.05) is 36.7 Å². The lowest BCUT2D eigenvalue weighted by atomic mass is 9.88. The molecule has 0 spiro atoms. The molecule has 0 bridgehead atoms. The van der Waals surface area contributed by atoms with Crippen molar-refractivity contribution in [2.75, 3.05) is 71.5 Å². The number of fused-ring (bicyclic) bond motifs is 2. The van der Waals surface area contributed by atoms with E-state index in [2.05, 4.69) is 9.82 Å². The number of anilines is 1. The number of nitrogens with zero attached hydrogens (tertiary/aromatic N) is 5. The average molecular weight is 805 g/mol. The molecule has 3 atom stereocenters. The predicted octanol–water partition coefficient (Wildman–Crippen LogP) is 5.16. The van der Waals surface area contributed by atoms with Crippen LogP contribution in [-0.2, 0) is 35.2 Å². The van der Waals surface area contributed by atoms with Gasteiger partial charge in [-0.25, -0.2) is 14.4 Å². The van der Waals surface area contributed by atoms with Crippen LogP contribution in [-0.4, -0.2) is 134 Å². The Morgan fingerprint density at radius 3 is 2.29 bits per heavy atom. The van der Waals surface area contributed by atoms with Crippen LogP contribution < -0.4 is 4.90 Å². The first-order valence-electron chi connectivity index (χ1n) is 17.1. The van der Waals surface area contributed by atoms with E-state index in [0.717, 1.165) is 0 Å². The van der Waals surface area contributed by atoms with Crippen molar-refractivity contribution in [1.29, 1.82) is 0 Å². The lowest BCUT2D eigenvalue weighted by molar-refractivity contribution is -0.249. The van der Waals surface area contributed by atoms with Crippen molar-refractivity contribution in [3.63, 3.8) is 0 Å². The second-order valence-electron chi connectivity index (χ2n) is 13.5. The number of rotatable bonds is 9. The number of morpholine rings is 1. The Labute approximate surface area is 316 Å². The monoisotopic (exact) mass is 804 g/mol. The third kappa shape index (κ3) is 10.00. The van der Waals surface area contributed by atoms with Gasteiger partial charge in [0.25, 0.3) is 5.91 Å². The van der Waals surface area contributed by atoms with Crippen LogP contribution in [0.4, 0.5) is 36.8 Å². The van der Waals surface area contributed by atoms with Gasteiger partial charge in [0, 0.05) is 66.5 Å². The number of hydrogen-bond donors (Lipinski definition) is 1. The highest BCUT2D eigenvalue weighted by Crippen LogP contribution is 2.37. The maximum absolute atomic E-state index is 15.1. The SMILES string of the molecule is CC(c1c[nH]c2ccccc12)C(C(=O)N1C[C@@H](CN(C)C)Cc2cc(Cl)ccc21)N(OC(=O)C(F)(F)F)C(=O)N(CCN1CCOCC1)OC(=O)C(F)(F)F. The number of benzene rings is 2. The second-order valence-corrected chi connectivity index (χ2v) is 13.9. The van der Waals surface area contributed by atoms with E-state index in [0.29, 0.717) is 40.1 Å². The number of aromatic amines is 1. The molecule has 1 aromatic heterocycles. The van der Waals surface area contributed by atoms with Gasteiger partial charge in [0.2, 0.25) is 0 Å². The lowest BCUT2D eigenvalue weighted by Gasteiger charge is -2.41. The Balaban J connectivity index is 1.67. The molecule has 0 aliphatic carbocycles. The number of ether oxygens (including phenoxy) is 1. The summed E-state index contributed by atoms with van der Waals surface area (Å²) < 4.78 is 87.8. The van der Waals surface area contributed by atoms with Crippen molar-refractivity contribution in [1.82, 2.24) is 24.9 Å². The van der Waals surface area contributed by atoms with E-state index < -0.39 is 54.7 Å². The quantitative estimate of drug-likeness (QED) is 0.231. The maximum atomic E-state index is 15.1. The molecule has 2 aromatic carbocycles. The van der Waals surface area contributed by atoms with Crippen LogP contribution in [0.2, 0.25) is 5.02 Å². The molecule has 3 heterocycles. The summed E-state index contributed by atoms with van der Waals surface area (Å²) in [6, 6.07) is 7.14. The van der Waals surface area contributed by atoms with Crippen LogP contribution in [0.15, 0.2) is 48.7 Å². The van der Waals surface area contributed by atoms with E-state index >= 15 is 4.79 Å². The molecule has 1 fully saturated rings. The number of amides is 3. The van der Waals surface area contributed by atoms with Gasteiger partial charge in [-0.15, -0.1) is 10.1 Å². The summed E-state index contributed by atoms with van der Waals surface area (Å²) in [4.78, 5) is 71.2. The second kappa shape index (κ2) is 17.1. The van der Waals surface area contributed by atoms with Crippen molar-refractivity contribution < 1.29 is 59.9 Å². The number of nitrogens with one attached hydrogen (secondary N) is 1. The Kier molecular flexibility index (Phi) is 12.9. The zero-order valence-electron chi connectivity index (χ0n) is 30.0. The van der Waals surface area contributed by atoms with Crippen LogP contribution in [0.3, 0.4) is 0 Å². The Bertz CT molecular complexity index is 1870. The Morgan fingerprint density at radius 2 is 1.64 bits per heavy atom. The largest absolute Gasteiger partial charge is 0.493 e. The number of hydroxylamine groups is 4. The maximum Gasteiger partial charge on any atom is 0.493 e. The topological polar surface area (TPSA) is 128 Å². The molecule has 13 nitrogen and oxygen atoms in total. The van der Waals surface area contributed by atoms with Crippen LogP contribution in [0.1, 0.15) is 24.0 Å². The van der Waals surface area contributed by atoms with Crippen LogP contribution in [0.25, 0.3) is 10.9 Å². The third-order valence-corrected chi connectivity index (χ3v) is 9.46. The number of halogens is 7. The van der Waals surface area contributed by atoms with E-state index in [4.69, 9.17) is 21.2 Å². The average Bonchev–Trinajstić information content (AvgIpc) is 3.55. The minimum atomic E-state index is -5.75. The molecular weight excluding hydrogens is 766 g/mol. The van der Waals surface area contributed by atoms with Crippen LogP contribution in [0, 0.1) is 5.92 Å². The summed E-state index contributed by atoms with van der Waals surface area (Å²) in [6.45, 7) is 1.67. The predicted molar refractivity (Wildman–Crippen MR) is 186 cm³/mol. The van der Waals surface area contributed by atoms with Gasteiger partial charge in [-0.05, 0) is 61.8 Å². The normalized spacial score (nSPS) is 17.7. The summed E-state index contributed by atoms with van der Waals surface area (Å²) in [5.41, 5.74) is 1.70. The molecule has 0 radical (unpaired) electrons. The zero-order valence-corrected chi connectivity index (χ0v) is 30.7. The van der Waals surface area contributed by atoms with Crippen LogP contribution in [0.5, 0.6) is 0 Å².